The fraction of sp³-hybridized carbons (Fsp3) is 0.400. The van der Waals surface area contributed by atoms with Crippen molar-refractivity contribution in [2.45, 2.75) is 20.3 Å². The molecule has 0 heterocycles. The van der Waals surface area contributed by atoms with Crippen LogP contribution in [0.5, 0.6) is 0 Å². The molecule has 0 aliphatic heterocycles. The van der Waals surface area contributed by atoms with Crippen molar-refractivity contribution >= 4 is 23.9 Å². The summed E-state index contributed by atoms with van der Waals surface area (Å²) < 4.78 is 0. The minimum Gasteiger partial charge on any atom is -0.303 e. The first-order valence-electron chi connectivity index (χ1n) is 4.34. The summed E-state index contributed by atoms with van der Waals surface area (Å²) in [5, 5.41) is 4.27. The van der Waals surface area contributed by atoms with E-state index in [1.54, 1.807) is 19.1 Å². The third-order valence-corrected chi connectivity index (χ3v) is 1.95. The van der Waals surface area contributed by atoms with E-state index in [4.69, 9.17) is 12.2 Å². The van der Waals surface area contributed by atoms with Crippen LogP contribution in [0, 0.1) is 10.8 Å². The van der Waals surface area contributed by atoms with E-state index in [2.05, 4.69) is 5.18 Å². The molecular weight excluding hydrogens is 198 g/mol. The second kappa shape index (κ2) is 7.26. The normalized spacial score (nSPS) is 14.7. The first-order valence-corrected chi connectivity index (χ1v) is 4.81. The summed E-state index contributed by atoms with van der Waals surface area (Å²) in [4.78, 5) is 20.7. The molecule has 3 nitrogen and oxygen atoms in total. The Balaban J connectivity index is 4.81. The topological polar surface area (TPSA) is 46.5 Å². The predicted molar refractivity (Wildman–Crippen MR) is 61.1 cm³/mol. The molecule has 0 aliphatic carbocycles. The molecule has 0 N–H and O–H groups in total. The van der Waals surface area contributed by atoms with Crippen LogP contribution in [0.4, 0.5) is 0 Å². The second-order valence-electron chi connectivity index (χ2n) is 2.82. The molecule has 0 fully saturated rings. The van der Waals surface area contributed by atoms with Gasteiger partial charge in [0.2, 0.25) is 0 Å². The van der Waals surface area contributed by atoms with Gasteiger partial charge < -0.3 is 4.79 Å². The van der Waals surface area contributed by atoms with Crippen molar-refractivity contribution in [3.05, 3.63) is 28.3 Å². The van der Waals surface area contributed by atoms with E-state index in [1.807, 2.05) is 6.92 Å². The van der Waals surface area contributed by atoms with Crippen molar-refractivity contribution in [2.75, 3.05) is 0 Å². The molecule has 0 bridgehead atoms. The van der Waals surface area contributed by atoms with E-state index in [0.717, 1.165) is 6.29 Å². The molecule has 0 aromatic heterocycles. The molecular formula is C10H13NO2S. The lowest BCUT2D eigenvalue weighted by atomic mass is 10.1. The molecule has 0 rings (SSSR count). The minimum atomic E-state index is -0.176. The Kier molecular flexibility index (Phi) is 6.66. The second-order valence-corrected chi connectivity index (χ2v) is 3.05. The molecule has 0 amide bonds. The Morgan fingerprint density at radius 3 is 2.57 bits per heavy atom. The Morgan fingerprint density at radius 2 is 2.21 bits per heavy atom. The van der Waals surface area contributed by atoms with Crippen LogP contribution >= 0.6 is 12.2 Å². The molecule has 0 spiro atoms. The van der Waals surface area contributed by atoms with Crippen LogP contribution in [0.25, 0.3) is 0 Å². The summed E-state index contributed by atoms with van der Waals surface area (Å²) in [6, 6.07) is 0. The summed E-state index contributed by atoms with van der Waals surface area (Å²) in [5.41, 5.74) is 1.01. The average Bonchev–Trinajstić information content (AvgIpc) is 2.23. The van der Waals surface area contributed by atoms with Gasteiger partial charge in [0.05, 0.1) is 5.70 Å². The maximum Gasteiger partial charge on any atom is 0.126 e. The predicted octanol–water partition coefficient (Wildman–Crippen LogP) is 2.81. The van der Waals surface area contributed by atoms with Crippen molar-refractivity contribution in [1.29, 1.82) is 0 Å². The van der Waals surface area contributed by atoms with Gasteiger partial charge in [0.25, 0.3) is 0 Å². The van der Waals surface area contributed by atoms with E-state index in [1.165, 1.54) is 5.37 Å². The van der Waals surface area contributed by atoms with Crippen LogP contribution in [0.1, 0.15) is 20.3 Å². The number of rotatable bonds is 6. The van der Waals surface area contributed by atoms with Crippen LogP contribution < -0.4 is 0 Å². The summed E-state index contributed by atoms with van der Waals surface area (Å²) in [6.45, 7) is 3.58. The van der Waals surface area contributed by atoms with Gasteiger partial charge in [-0.1, -0.05) is 38.2 Å². The Labute approximate surface area is 88.9 Å². The molecule has 4 heteroatoms. The number of allylic oxidation sites excluding steroid dienone is 4. The van der Waals surface area contributed by atoms with Crippen LogP contribution in [0.15, 0.2) is 28.6 Å². The van der Waals surface area contributed by atoms with Gasteiger partial charge >= 0.3 is 0 Å². The zero-order valence-corrected chi connectivity index (χ0v) is 9.08. The lowest BCUT2D eigenvalue weighted by Gasteiger charge is -1.97. The summed E-state index contributed by atoms with van der Waals surface area (Å²) in [7, 11) is 0. The number of nitrogens with zero attached hydrogens (tertiary/aromatic N) is 1. The standard InChI is InChI=1S/C10H13NO2S/c1-3-10(11-13)9(7-14)5-4-8(2)6-12/h4-8H,3H2,1-2H3/b5-4-,10-9-. The molecule has 0 aliphatic rings. The average molecular weight is 211 g/mol. The minimum absolute atomic E-state index is 0.176. The Bertz CT molecular complexity index is 282. The third-order valence-electron chi connectivity index (χ3n) is 1.70. The largest absolute Gasteiger partial charge is 0.303 e. The van der Waals surface area contributed by atoms with E-state index in [-0.39, 0.29) is 5.92 Å². The molecule has 0 radical (unpaired) electrons. The van der Waals surface area contributed by atoms with Crippen LogP contribution in [-0.4, -0.2) is 11.7 Å². The maximum absolute atomic E-state index is 10.4. The highest BCUT2D eigenvalue weighted by atomic mass is 32.1. The number of thiocarbonyl (C=S) groups is 1. The number of hydrogen-bond acceptors (Lipinski definition) is 4. The number of hydrogen-bond donors (Lipinski definition) is 0. The maximum atomic E-state index is 10.4. The van der Waals surface area contributed by atoms with Gasteiger partial charge in [0.15, 0.2) is 0 Å². The highest BCUT2D eigenvalue weighted by molar-refractivity contribution is 7.79. The molecule has 0 aromatic rings. The quantitative estimate of drug-likeness (QED) is 0.223. The molecule has 14 heavy (non-hydrogen) atoms. The lowest BCUT2D eigenvalue weighted by Crippen LogP contribution is -1.91. The molecule has 0 aromatic carbocycles. The van der Waals surface area contributed by atoms with Crippen molar-refractivity contribution in [2.24, 2.45) is 11.1 Å². The number of aldehydes is 1. The van der Waals surface area contributed by atoms with Crippen LogP contribution in [0.3, 0.4) is 0 Å². The van der Waals surface area contributed by atoms with Crippen LogP contribution in [-0.2, 0) is 4.79 Å². The molecule has 0 saturated heterocycles. The Hall–Kier alpha value is -1.16. The van der Waals surface area contributed by atoms with Crippen molar-refractivity contribution in [3.63, 3.8) is 0 Å². The molecule has 76 valence electrons. The van der Waals surface area contributed by atoms with E-state index >= 15 is 0 Å². The molecule has 1 unspecified atom stereocenters. The monoisotopic (exact) mass is 211 g/mol. The smallest absolute Gasteiger partial charge is 0.126 e. The fourth-order valence-corrected chi connectivity index (χ4v) is 1.04. The van der Waals surface area contributed by atoms with Gasteiger partial charge in [-0.15, -0.1) is 4.91 Å². The summed E-state index contributed by atoms with van der Waals surface area (Å²) in [6.07, 6.45) is 4.70. The van der Waals surface area contributed by atoms with Crippen molar-refractivity contribution in [1.82, 2.24) is 0 Å². The van der Waals surface area contributed by atoms with Gasteiger partial charge in [-0.3, -0.25) is 0 Å². The third kappa shape index (κ3) is 4.18. The number of nitroso groups, excluding NO2 is 1. The van der Waals surface area contributed by atoms with E-state index in [0.29, 0.717) is 17.7 Å². The van der Waals surface area contributed by atoms with Gasteiger partial charge in [-0.25, -0.2) is 0 Å². The fourth-order valence-electron chi connectivity index (χ4n) is 0.826. The van der Waals surface area contributed by atoms with Crippen molar-refractivity contribution in [3.8, 4) is 0 Å². The highest BCUT2D eigenvalue weighted by Crippen LogP contribution is 2.10. The Morgan fingerprint density at radius 1 is 1.57 bits per heavy atom. The zero-order chi connectivity index (χ0) is 11.0. The number of carbonyl (C=O) groups excluding carboxylic acids is 1. The first-order chi connectivity index (χ1) is 6.69. The van der Waals surface area contributed by atoms with Gasteiger partial charge in [0, 0.05) is 16.9 Å². The molecule has 1 atom stereocenters. The zero-order valence-electron chi connectivity index (χ0n) is 8.27. The highest BCUT2D eigenvalue weighted by Gasteiger charge is 2.00. The van der Waals surface area contributed by atoms with E-state index in [9.17, 15) is 9.70 Å². The lowest BCUT2D eigenvalue weighted by molar-refractivity contribution is -0.109. The SMILES string of the molecule is CC/C(N=O)=C(C=S)\C=C/C(C)C=O. The molecule has 0 saturated carbocycles. The van der Waals surface area contributed by atoms with Crippen molar-refractivity contribution < 1.29 is 4.79 Å². The van der Waals surface area contributed by atoms with Gasteiger partial charge in [0.1, 0.15) is 6.29 Å². The summed E-state index contributed by atoms with van der Waals surface area (Å²) >= 11 is 4.75. The first kappa shape index (κ1) is 12.8. The number of carbonyl (C=O) groups is 1. The van der Waals surface area contributed by atoms with Crippen LogP contribution in [0.2, 0.25) is 0 Å². The van der Waals surface area contributed by atoms with Gasteiger partial charge in [-0.05, 0) is 11.6 Å². The van der Waals surface area contributed by atoms with Gasteiger partial charge in [-0.2, -0.15) is 0 Å². The summed E-state index contributed by atoms with van der Waals surface area (Å²) in [5.74, 6) is -0.176. The van der Waals surface area contributed by atoms with E-state index < -0.39 is 0 Å².